The van der Waals surface area contributed by atoms with Gasteiger partial charge in [-0.15, -0.1) is 6.58 Å². The molecular weight excluding hydrogens is 220 g/mol. The Morgan fingerprint density at radius 3 is 2.94 bits per heavy atom. The number of carboxylic acid groups (broad SMARTS) is 1. The zero-order valence-corrected chi connectivity index (χ0v) is 10.0. The monoisotopic (exact) mass is 240 g/mol. The van der Waals surface area contributed by atoms with E-state index in [4.69, 9.17) is 5.11 Å². The van der Waals surface area contributed by atoms with Gasteiger partial charge in [0.25, 0.3) is 0 Å². The van der Waals surface area contributed by atoms with E-state index in [9.17, 15) is 9.59 Å². The van der Waals surface area contributed by atoms with Crippen molar-refractivity contribution < 1.29 is 14.7 Å². The van der Waals surface area contributed by atoms with Crippen molar-refractivity contribution in [2.75, 3.05) is 19.6 Å². The summed E-state index contributed by atoms with van der Waals surface area (Å²) in [6, 6.07) is -0.0512. The molecule has 1 aliphatic rings. The number of nitrogens with one attached hydrogen (secondary N) is 1. The SMILES string of the molecule is C=CCCNC(=O)N1CCC(CCC(=O)O)C1. The number of likely N-dealkylation sites (tertiary alicyclic amines) is 1. The molecule has 1 heterocycles. The molecule has 0 aromatic heterocycles. The molecule has 96 valence electrons. The van der Waals surface area contributed by atoms with Crippen molar-refractivity contribution in [3.8, 4) is 0 Å². The molecule has 1 rings (SSSR count). The van der Waals surface area contributed by atoms with Crippen molar-refractivity contribution in [3.05, 3.63) is 12.7 Å². The Morgan fingerprint density at radius 2 is 2.29 bits per heavy atom. The van der Waals surface area contributed by atoms with E-state index in [0.29, 0.717) is 25.4 Å². The van der Waals surface area contributed by atoms with Gasteiger partial charge in [-0.3, -0.25) is 4.79 Å². The number of aliphatic carboxylic acids is 1. The molecule has 1 saturated heterocycles. The Labute approximate surface area is 101 Å². The minimum Gasteiger partial charge on any atom is -0.481 e. The highest BCUT2D eigenvalue weighted by Gasteiger charge is 2.25. The number of hydrogen-bond acceptors (Lipinski definition) is 2. The molecular formula is C12H20N2O3. The molecule has 1 unspecified atom stereocenters. The van der Waals surface area contributed by atoms with Crippen LogP contribution in [-0.2, 0) is 4.79 Å². The average Bonchev–Trinajstić information content (AvgIpc) is 2.75. The van der Waals surface area contributed by atoms with E-state index in [1.54, 1.807) is 11.0 Å². The van der Waals surface area contributed by atoms with E-state index in [2.05, 4.69) is 11.9 Å². The summed E-state index contributed by atoms with van der Waals surface area (Å²) in [7, 11) is 0. The van der Waals surface area contributed by atoms with Crippen molar-refractivity contribution in [1.29, 1.82) is 0 Å². The molecule has 0 bridgehead atoms. The van der Waals surface area contributed by atoms with Gasteiger partial charge in [0.15, 0.2) is 0 Å². The molecule has 0 radical (unpaired) electrons. The number of carbonyl (C=O) groups is 2. The van der Waals surface area contributed by atoms with E-state index in [1.807, 2.05) is 0 Å². The molecule has 17 heavy (non-hydrogen) atoms. The molecule has 2 amide bonds. The topological polar surface area (TPSA) is 69.6 Å². The third-order valence-corrected chi connectivity index (χ3v) is 2.96. The summed E-state index contributed by atoms with van der Waals surface area (Å²) >= 11 is 0. The number of rotatable bonds is 6. The minimum atomic E-state index is -0.765. The molecule has 5 nitrogen and oxygen atoms in total. The van der Waals surface area contributed by atoms with Crippen LogP contribution in [0, 0.1) is 5.92 Å². The summed E-state index contributed by atoms with van der Waals surface area (Å²) in [5.41, 5.74) is 0. The Bertz CT molecular complexity index is 291. The second-order valence-corrected chi connectivity index (χ2v) is 4.34. The summed E-state index contributed by atoms with van der Waals surface area (Å²) < 4.78 is 0. The van der Waals surface area contributed by atoms with Crippen LogP contribution < -0.4 is 5.32 Å². The molecule has 1 atom stereocenters. The zero-order valence-electron chi connectivity index (χ0n) is 10.0. The molecule has 0 spiro atoms. The van der Waals surface area contributed by atoms with Crippen LogP contribution in [0.25, 0.3) is 0 Å². The third kappa shape index (κ3) is 4.89. The average molecular weight is 240 g/mol. The lowest BCUT2D eigenvalue weighted by molar-refractivity contribution is -0.137. The highest BCUT2D eigenvalue weighted by atomic mass is 16.4. The first kappa shape index (κ1) is 13.5. The molecule has 5 heteroatoms. The summed E-state index contributed by atoms with van der Waals surface area (Å²) in [5, 5.41) is 11.4. The Kier molecular flexibility index (Phi) is 5.52. The maximum Gasteiger partial charge on any atom is 0.317 e. The molecule has 0 aromatic rings. The third-order valence-electron chi connectivity index (χ3n) is 2.96. The number of nitrogens with zero attached hydrogens (tertiary/aromatic N) is 1. The first-order valence-electron chi connectivity index (χ1n) is 5.99. The lowest BCUT2D eigenvalue weighted by atomic mass is 10.0. The highest BCUT2D eigenvalue weighted by Crippen LogP contribution is 2.20. The number of carboxylic acids is 1. The van der Waals surface area contributed by atoms with Gasteiger partial charge in [-0.25, -0.2) is 4.79 Å². The second-order valence-electron chi connectivity index (χ2n) is 4.34. The smallest absolute Gasteiger partial charge is 0.317 e. The molecule has 2 N–H and O–H groups in total. The van der Waals surface area contributed by atoms with Crippen LogP contribution in [0.2, 0.25) is 0 Å². The van der Waals surface area contributed by atoms with Crippen LogP contribution in [0.4, 0.5) is 4.79 Å². The van der Waals surface area contributed by atoms with Crippen LogP contribution in [0.3, 0.4) is 0 Å². The Morgan fingerprint density at radius 1 is 1.53 bits per heavy atom. The maximum absolute atomic E-state index is 11.7. The lowest BCUT2D eigenvalue weighted by Gasteiger charge is -2.16. The fraction of sp³-hybridized carbons (Fsp3) is 0.667. The zero-order chi connectivity index (χ0) is 12.7. The van der Waals surface area contributed by atoms with Gasteiger partial charge in [0.05, 0.1) is 0 Å². The highest BCUT2D eigenvalue weighted by molar-refractivity contribution is 5.74. The van der Waals surface area contributed by atoms with E-state index in [-0.39, 0.29) is 12.5 Å². The summed E-state index contributed by atoms with van der Waals surface area (Å²) in [5.74, 6) is -0.435. The van der Waals surface area contributed by atoms with Gasteiger partial charge in [-0.2, -0.15) is 0 Å². The van der Waals surface area contributed by atoms with E-state index in [0.717, 1.165) is 19.4 Å². The van der Waals surface area contributed by atoms with Gasteiger partial charge in [0.1, 0.15) is 0 Å². The van der Waals surface area contributed by atoms with Crippen LogP contribution in [0.5, 0.6) is 0 Å². The quantitative estimate of drug-likeness (QED) is 0.545. The second kappa shape index (κ2) is 6.93. The number of amides is 2. The number of urea groups is 1. The number of carbonyl (C=O) groups excluding carboxylic acids is 1. The van der Waals surface area contributed by atoms with Crippen LogP contribution >= 0.6 is 0 Å². The first-order chi connectivity index (χ1) is 8.13. The van der Waals surface area contributed by atoms with Gasteiger partial charge in [0, 0.05) is 26.1 Å². The van der Waals surface area contributed by atoms with Crippen molar-refractivity contribution in [3.63, 3.8) is 0 Å². The van der Waals surface area contributed by atoms with Crippen LogP contribution in [-0.4, -0.2) is 41.6 Å². The summed E-state index contributed by atoms with van der Waals surface area (Å²) in [4.78, 5) is 23.9. The fourth-order valence-electron chi connectivity index (χ4n) is 1.97. The summed E-state index contributed by atoms with van der Waals surface area (Å²) in [6.07, 6.45) is 4.28. The van der Waals surface area contributed by atoms with Gasteiger partial charge >= 0.3 is 12.0 Å². The Hall–Kier alpha value is -1.52. The van der Waals surface area contributed by atoms with Gasteiger partial charge in [-0.05, 0) is 25.2 Å². The first-order valence-corrected chi connectivity index (χ1v) is 5.99. The maximum atomic E-state index is 11.7. The minimum absolute atomic E-state index is 0.0512. The Balaban J connectivity index is 2.22. The summed E-state index contributed by atoms with van der Waals surface area (Å²) in [6.45, 7) is 5.60. The normalized spacial score (nSPS) is 19.1. The molecule has 1 fully saturated rings. The number of hydrogen-bond donors (Lipinski definition) is 2. The standard InChI is InChI=1S/C12H20N2O3/c1-2-3-7-13-12(17)14-8-6-10(9-14)4-5-11(15)16/h2,10H,1,3-9H2,(H,13,17)(H,15,16). The van der Waals surface area contributed by atoms with Gasteiger partial charge in [-0.1, -0.05) is 6.08 Å². The van der Waals surface area contributed by atoms with Crippen molar-refractivity contribution in [2.24, 2.45) is 5.92 Å². The van der Waals surface area contributed by atoms with E-state index >= 15 is 0 Å². The van der Waals surface area contributed by atoms with Crippen molar-refractivity contribution in [2.45, 2.75) is 25.7 Å². The van der Waals surface area contributed by atoms with Crippen LogP contribution in [0.15, 0.2) is 12.7 Å². The van der Waals surface area contributed by atoms with Gasteiger partial charge in [0.2, 0.25) is 0 Å². The van der Waals surface area contributed by atoms with Crippen molar-refractivity contribution in [1.82, 2.24) is 10.2 Å². The largest absolute Gasteiger partial charge is 0.481 e. The molecule has 0 saturated carbocycles. The predicted octanol–water partition coefficient (Wildman–Crippen LogP) is 1.46. The van der Waals surface area contributed by atoms with Crippen LogP contribution in [0.1, 0.15) is 25.7 Å². The molecule has 0 aromatic carbocycles. The lowest BCUT2D eigenvalue weighted by Crippen LogP contribution is -2.38. The van der Waals surface area contributed by atoms with E-state index < -0.39 is 5.97 Å². The van der Waals surface area contributed by atoms with E-state index in [1.165, 1.54) is 0 Å². The predicted molar refractivity (Wildman–Crippen MR) is 64.8 cm³/mol. The van der Waals surface area contributed by atoms with Gasteiger partial charge < -0.3 is 15.3 Å². The van der Waals surface area contributed by atoms with Crippen molar-refractivity contribution >= 4 is 12.0 Å². The molecule has 1 aliphatic heterocycles. The molecule has 0 aliphatic carbocycles. The fourth-order valence-corrected chi connectivity index (χ4v) is 1.97.